The summed E-state index contributed by atoms with van der Waals surface area (Å²) in [6, 6.07) is 18.5. The van der Waals surface area contributed by atoms with Crippen LogP contribution in [0.1, 0.15) is 5.56 Å². The maximum Gasteiger partial charge on any atom is 0.441 e. The molecule has 3 heterocycles. The van der Waals surface area contributed by atoms with Gasteiger partial charge in [0.1, 0.15) is 0 Å². The number of hydrogen-bond acceptors (Lipinski definition) is 5. The molecule has 1 N–H and O–H groups in total. The molecular weight excluding hydrogens is 453 g/mol. The van der Waals surface area contributed by atoms with Crippen LogP contribution in [-0.4, -0.2) is 42.9 Å². The second kappa shape index (κ2) is 7.85. The van der Waals surface area contributed by atoms with Gasteiger partial charge in [0.05, 0.1) is 17.0 Å². The number of amidine groups is 2. The highest BCUT2D eigenvalue weighted by Gasteiger charge is 2.46. The van der Waals surface area contributed by atoms with Gasteiger partial charge in [-0.05, 0) is 30.0 Å². The minimum Gasteiger partial charge on any atom is -0.282 e. The zero-order chi connectivity index (χ0) is 23.2. The van der Waals surface area contributed by atoms with Crippen molar-refractivity contribution in [1.82, 2.24) is 14.8 Å². The molecule has 0 atom stereocenters. The van der Waals surface area contributed by atoms with E-state index in [1.165, 1.54) is 6.08 Å². The van der Waals surface area contributed by atoms with Crippen molar-refractivity contribution in [1.29, 1.82) is 5.41 Å². The number of aromatic nitrogens is 2. The third-order valence-electron chi connectivity index (χ3n) is 4.81. The molecule has 0 aliphatic carbocycles. The van der Waals surface area contributed by atoms with Gasteiger partial charge in [-0.1, -0.05) is 48.5 Å². The Balaban J connectivity index is 1.60. The molecule has 0 saturated heterocycles. The van der Waals surface area contributed by atoms with E-state index >= 15 is 0 Å². The van der Waals surface area contributed by atoms with Gasteiger partial charge in [-0.3, -0.25) is 10.2 Å². The van der Waals surface area contributed by atoms with Gasteiger partial charge >= 0.3 is 6.18 Å². The molecule has 0 radical (unpaired) electrons. The van der Waals surface area contributed by atoms with Crippen LogP contribution >= 0.6 is 11.8 Å². The summed E-state index contributed by atoms with van der Waals surface area (Å²) in [5.74, 6) is -1.30. The van der Waals surface area contributed by atoms with E-state index in [4.69, 9.17) is 5.41 Å². The number of para-hydroxylation sites is 1. The molecule has 2 aliphatic heterocycles. The summed E-state index contributed by atoms with van der Waals surface area (Å²) < 4.78 is 40.8. The number of carbonyl (C=O) groups is 1. The van der Waals surface area contributed by atoms with Crippen molar-refractivity contribution in [3.8, 4) is 16.9 Å². The van der Waals surface area contributed by atoms with Crippen LogP contribution < -0.4 is 0 Å². The number of rotatable bonds is 3. The van der Waals surface area contributed by atoms with Gasteiger partial charge in [0.15, 0.2) is 5.84 Å². The number of nitrogens with zero attached hydrogens (tertiary/aromatic N) is 5. The Morgan fingerprint density at radius 2 is 1.67 bits per heavy atom. The van der Waals surface area contributed by atoms with Crippen molar-refractivity contribution in [3.05, 3.63) is 78.0 Å². The van der Waals surface area contributed by atoms with E-state index in [2.05, 4.69) is 15.2 Å². The summed E-state index contributed by atoms with van der Waals surface area (Å²) >= 11 is 0.214. The van der Waals surface area contributed by atoms with Gasteiger partial charge in [0.2, 0.25) is 10.2 Å². The van der Waals surface area contributed by atoms with Gasteiger partial charge in [-0.25, -0.2) is 4.68 Å². The van der Waals surface area contributed by atoms with E-state index in [9.17, 15) is 18.0 Å². The van der Waals surface area contributed by atoms with Crippen molar-refractivity contribution < 1.29 is 18.0 Å². The van der Waals surface area contributed by atoms with Crippen molar-refractivity contribution >= 4 is 39.8 Å². The van der Waals surface area contributed by atoms with Crippen LogP contribution in [0.3, 0.4) is 0 Å². The minimum absolute atomic E-state index is 0.184. The lowest BCUT2D eigenvalue weighted by Gasteiger charge is -2.20. The zero-order valence-electron chi connectivity index (χ0n) is 16.6. The molecule has 0 saturated carbocycles. The van der Waals surface area contributed by atoms with Crippen LogP contribution in [0.5, 0.6) is 0 Å². The monoisotopic (exact) mass is 466 g/mol. The number of alkyl halides is 3. The first-order valence-electron chi connectivity index (χ1n) is 9.59. The van der Waals surface area contributed by atoms with Crippen LogP contribution in [-0.2, 0) is 4.79 Å². The summed E-state index contributed by atoms with van der Waals surface area (Å²) in [7, 11) is 0. The van der Waals surface area contributed by atoms with E-state index in [0.29, 0.717) is 11.3 Å². The third-order valence-corrected chi connectivity index (χ3v) is 5.76. The van der Waals surface area contributed by atoms with Crippen molar-refractivity contribution in [2.75, 3.05) is 0 Å². The maximum atomic E-state index is 13.1. The molecule has 7 nitrogen and oxygen atoms in total. The summed E-state index contributed by atoms with van der Waals surface area (Å²) in [6.07, 6.45) is -1.60. The highest BCUT2D eigenvalue weighted by molar-refractivity contribution is 8.27. The average Bonchev–Trinajstić information content (AvgIpc) is 3.42. The van der Waals surface area contributed by atoms with Gasteiger partial charge < -0.3 is 0 Å². The smallest absolute Gasteiger partial charge is 0.282 e. The Hall–Kier alpha value is -3.99. The third kappa shape index (κ3) is 3.87. The summed E-state index contributed by atoms with van der Waals surface area (Å²) in [5.41, 5.74) is 2.41. The molecule has 33 heavy (non-hydrogen) atoms. The first kappa shape index (κ1) is 20.9. The van der Waals surface area contributed by atoms with Crippen molar-refractivity contribution in [2.45, 2.75) is 6.18 Å². The lowest BCUT2D eigenvalue weighted by atomic mass is 10.0. The fourth-order valence-corrected chi connectivity index (χ4v) is 4.05. The van der Waals surface area contributed by atoms with Crippen molar-refractivity contribution in [2.24, 2.45) is 10.1 Å². The van der Waals surface area contributed by atoms with E-state index in [0.717, 1.165) is 16.3 Å². The quantitative estimate of drug-likeness (QED) is 0.566. The van der Waals surface area contributed by atoms with E-state index in [-0.39, 0.29) is 22.5 Å². The second-order valence-corrected chi connectivity index (χ2v) is 7.96. The Bertz CT molecular complexity index is 1360. The topological polar surface area (TPSA) is 86.7 Å². The van der Waals surface area contributed by atoms with Crippen molar-refractivity contribution in [3.63, 3.8) is 0 Å². The highest BCUT2D eigenvalue weighted by atomic mass is 32.2. The number of hydrazone groups is 1. The maximum absolute atomic E-state index is 13.1. The van der Waals surface area contributed by atoms with Gasteiger partial charge in [0, 0.05) is 17.3 Å². The summed E-state index contributed by atoms with van der Waals surface area (Å²) in [6.45, 7) is 0. The number of carbonyl (C=O) groups excluding carboxylic acids is 1. The Morgan fingerprint density at radius 1 is 1.00 bits per heavy atom. The first-order chi connectivity index (χ1) is 15.8. The van der Waals surface area contributed by atoms with Gasteiger partial charge in [0.25, 0.3) is 5.91 Å². The molecule has 0 bridgehead atoms. The number of fused-ring (bicyclic) bond motifs is 1. The fourth-order valence-electron chi connectivity index (χ4n) is 3.29. The molecule has 3 aromatic rings. The predicted molar refractivity (Wildman–Crippen MR) is 120 cm³/mol. The molecule has 0 spiro atoms. The number of aliphatic imine (C=N–C) groups is 1. The summed E-state index contributed by atoms with van der Waals surface area (Å²) in [5, 5.41) is 15.7. The standard InChI is InChI=1S/C22H13F3N6OS/c23-22(24,25)20-29-31-18(26)16(19(32)27-21(31)33-20)11-14-12-30(15-9-5-2-6-10-15)28-17(14)13-7-3-1-4-8-13/h1-12,26H/b16-11-,26-18?. The molecule has 5 rings (SSSR count). The van der Waals surface area contributed by atoms with Gasteiger partial charge in [-0.15, -0.1) is 0 Å². The molecule has 0 unspecified atom stereocenters. The molecule has 2 aromatic carbocycles. The predicted octanol–water partition coefficient (Wildman–Crippen LogP) is 4.72. The lowest BCUT2D eigenvalue weighted by Crippen LogP contribution is -2.35. The zero-order valence-corrected chi connectivity index (χ0v) is 17.4. The highest BCUT2D eigenvalue weighted by Crippen LogP contribution is 2.36. The number of hydrogen-bond donors (Lipinski definition) is 1. The van der Waals surface area contributed by atoms with Crippen LogP contribution in [0, 0.1) is 5.41 Å². The number of nitrogens with one attached hydrogen (secondary N) is 1. The number of benzene rings is 2. The molecule has 2 aliphatic rings. The van der Waals surface area contributed by atoms with E-state index in [1.54, 1.807) is 10.9 Å². The fraction of sp³-hybridized carbons (Fsp3) is 0.0455. The average molecular weight is 466 g/mol. The normalized spacial score (nSPS) is 17.3. The first-order valence-corrected chi connectivity index (χ1v) is 10.4. The summed E-state index contributed by atoms with van der Waals surface area (Å²) in [4.78, 5) is 16.4. The van der Waals surface area contributed by atoms with E-state index in [1.807, 2.05) is 60.7 Å². The number of thioether (sulfide) groups is 1. The molecule has 0 fully saturated rings. The Labute approximate surface area is 189 Å². The Morgan fingerprint density at radius 3 is 2.33 bits per heavy atom. The molecule has 1 amide bonds. The number of amides is 1. The molecule has 164 valence electrons. The van der Waals surface area contributed by atoms with Crippen LogP contribution in [0.25, 0.3) is 23.0 Å². The lowest BCUT2D eigenvalue weighted by molar-refractivity contribution is -0.114. The SMILES string of the molecule is N=C1/C(=C/c2cn(-c3ccccc3)nc2-c2ccccc2)C(=O)N=C2SC(C(F)(F)F)=NN12. The van der Waals surface area contributed by atoms with E-state index < -0.39 is 23.0 Å². The van der Waals surface area contributed by atoms with Crippen LogP contribution in [0.4, 0.5) is 13.2 Å². The molecule has 11 heteroatoms. The minimum atomic E-state index is -4.70. The largest absolute Gasteiger partial charge is 0.441 e. The second-order valence-electron chi connectivity index (χ2n) is 7.00. The number of halogens is 3. The van der Waals surface area contributed by atoms with Crippen LogP contribution in [0.2, 0.25) is 0 Å². The Kier molecular flexibility index (Phi) is 4.97. The molecular formula is C22H13F3N6OS. The van der Waals surface area contributed by atoms with Crippen LogP contribution in [0.15, 0.2) is 82.5 Å². The molecule has 1 aromatic heterocycles. The van der Waals surface area contributed by atoms with Gasteiger partial charge in [-0.2, -0.15) is 33.4 Å².